The number of hydrogen-bond acceptors (Lipinski definition) is 4. The predicted octanol–water partition coefficient (Wildman–Crippen LogP) is 1.90. The third-order valence-electron chi connectivity index (χ3n) is 2.41. The molecule has 0 bridgehead atoms. The Kier molecular flexibility index (Phi) is 5.41. The molecule has 0 spiro atoms. The van der Waals surface area contributed by atoms with Crippen LogP contribution in [0.5, 0.6) is 5.75 Å². The Labute approximate surface area is 106 Å². The Balaban J connectivity index is 2.81. The van der Waals surface area contributed by atoms with Crippen LogP contribution in [0.3, 0.4) is 0 Å². The fourth-order valence-corrected chi connectivity index (χ4v) is 1.60. The number of halogens is 1. The standard InChI is InChI=1S/C12H16ClNO3/c1-16-6-5-10(14)12(15)8-3-4-9(13)11(7-8)17-2/h3-4,7,10H,5-6,14H2,1-2H3. The second-order valence-corrected chi connectivity index (χ2v) is 4.01. The van der Waals surface area contributed by atoms with E-state index >= 15 is 0 Å². The summed E-state index contributed by atoms with van der Waals surface area (Å²) in [6, 6.07) is 4.29. The van der Waals surface area contributed by atoms with Crippen molar-refractivity contribution < 1.29 is 14.3 Å². The topological polar surface area (TPSA) is 61.5 Å². The van der Waals surface area contributed by atoms with Crippen molar-refractivity contribution in [3.05, 3.63) is 28.8 Å². The van der Waals surface area contributed by atoms with E-state index in [1.807, 2.05) is 0 Å². The highest BCUT2D eigenvalue weighted by Crippen LogP contribution is 2.25. The first-order valence-corrected chi connectivity index (χ1v) is 5.60. The molecular formula is C12H16ClNO3. The van der Waals surface area contributed by atoms with Gasteiger partial charge in [-0.2, -0.15) is 0 Å². The van der Waals surface area contributed by atoms with Crippen molar-refractivity contribution in [1.82, 2.24) is 0 Å². The van der Waals surface area contributed by atoms with E-state index in [1.165, 1.54) is 7.11 Å². The number of benzene rings is 1. The molecule has 0 saturated carbocycles. The molecule has 1 aromatic rings. The highest BCUT2D eigenvalue weighted by Gasteiger charge is 2.16. The fourth-order valence-electron chi connectivity index (χ4n) is 1.40. The average Bonchev–Trinajstić information content (AvgIpc) is 2.35. The minimum absolute atomic E-state index is 0.142. The van der Waals surface area contributed by atoms with E-state index in [2.05, 4.69) is 0 Å². The van der Waals surface area contributed by atoms with Crippen LogP contribution in [0.15, 0.2) is 18.2 Å². The summed E-state index contributed by atoms with van der Waals surface area (Å²) in [7, 11) is 3.07. The van der Waals surface area contributed by atoms with Crippen LogP contribution in [-0.4, -0.2) is 32.7 Å². The van der Waals surface area contributed by atoms with Crippen molar-refractivity contribution in [1.29, 1.82) is 0 Å². The van der Waals surface area contributed by atoms with Gasteiger partial charge in [-0.1, -0.05) is 11.6 Å². The maximum Gasteiger partial charge on any atom is 0.179 e. The third kappa shape index (κ3) is 3.70. The summed E-state index contributed by atoms with van der Waals surface area (Å²) in [6.07, 6.45) is 0.486. The van der Waals surface area contributed by atoms with Crippen LogP contribution in [-0.2, 0) is 4.74 Å². The lowest BCUT2D eigenvalue weighted by atomic mass is 10.0. The lowest BCUT2D eigenvalue weighted by molar-refractivity contribution is 0.0935. The van der Waals surface area contributed by atoms with Gasteiger partial charge in [0.15, 0.2) is 5.78 Å². The van der Waals surface area contributed by atoms with Crippen LogP contribution >= 0.6 is 11.6 Å². The lowest BCUT2D eigenvalue weighted by Gasteiger charge is -2.11. The monoisotopic (exact) mass is 257 g/mol. The largest absolute Gasteiger partial charge is 0.495 e. The summed E-state index contributed by atoms with van der Waals surface area (Å²) >= 11 is 5.88. The molecule has 0 fully saturated rings. The normalized spacial score (nSPS) is 12.2. The van der Waals surface area contributed by atoms with Gasteiger partial charge in [-0.05, 0) is 24.6 Å². The summed E-state index contributed by atoms with van der Waals surface area (Å²) in [5.74, 6) is 0.327. The molecule has 0 aliphatic heterocycles. The van der Waals surface area contributed by atoms with Crippen molar-refractivity contribution >= 4 is 17.4 Å². The quantitative estimate of drug-likeness (QED) is 0.791. The van der Waals surface area contributed by atoms with Crippen LogP contribution < -0.4 is 10.5 Å². The maximum atomic E-state index is 12.0. The number of ketones is 1. The van der Waals surface area contributed by atoms with Gasteiger partial charge >= 0.3 is 0 Å². The van der Waals surface area contributed by atoms with Gasteiger partial charge in [0.1, 0.15) is 5.75 Å². The second-order valence-electron chi connectivity index (χ2n) is 3.60. The summed E-state index contributed by atoms with van der Waals surface area (Å²) in [5.41, 5.74) is 6.26. The number of methoxy groups -OCH3 is 2. The van der Waals surface area contributed by atoms with Crippen molar-refractivity contribution in [3.8, 4) is 5.75 Å². The first-order chi connectivity index (χ1) is 8.10. The van der Waals surface area contributed by atoms with Crippen LogP contribution in [0.1, 0.15) is 16.8 Å². The van der Waals surface area contributed by atoms with E-state index < -0.39 is 6.04 Å². The maximum absolute atomic E-state index is 12.0. The number of carbonyl (C=O) groups excluding carboxylic acids is 1. The molecule has 0 aliphatic rings. The minimum atomic E-state index is -0.569. The van der Waals surface area contributed by atoms with Gasteiger partial charge in [0.25, 0.3) is 0 Å². The molecule has 1 aromatic carbocycles. The van der Waals surface area contributed by atoms with E-state index in [4.69, 9.17) is 26.8 Å². The first-order valence-electron chi connectivity index (χ1n) is 5.22. The molecule has 0 saturated heterocycles. The molecule has 1 atom stereocenters. The zero-order chi connectivity index (χ0) is 12.8. The minimum Gasteiger partial charge on any atom is -0.495 e. The van der Waals surface area contributed by atoms with Crippen LogP contribution in [0.25, 0.3) is 0 Å². The molecule has 1 unspecified atom stereocenters. The summed E-state index contributed by atoms with van der Waals surface area (Å²) in [4.78, 5) is 12.0. The van der Waals surface area contributed by atoms with E-state index in [9.17, 15) is 4.79 Å². The lowest BCUT2D eigenvalue weighted by Crippen LogP contribution is -2.31. The molecule has 0 aliphatic carbocycles. The molecule has 0 amide bonds. The Morgan fingerprint density at radius 3 is 2.76 bits per heavy atom. The molecule has 0 radical (unpaired) electrons. The van der Waals surface area contributed by atoms with Gasteiger partial charge in [0, 0.05) is 19.3 Å². The molecule has 94 valence electrons. The zero-order valence-corrected chi connectivity index (χ0v) is 10.7. The predicted molar refractivity (Wildman–Crippen MR) is 66.8 cm³/mol. The van der Waals surface area contributed by atoms with Crippen LogP contribution in [0.4, 0.5) is 0 Å². The molecule has 0 heterocycles. The third-order valence-corrected chi connectivity index (χ3v) is 2.72. The molecule has 0 aromatic heterocycles. The van der Waals surface area contributed by atoms with Crippen LogP contribution in [0.2, 0.25) is 5.02 Å². The molecule has 5 heteroatoms. The van der Waals surface area contributed by atoms with Gasteiger partial charge in [-0.25, -0.2) is 0 Å². The van der Waals surface area contributed by atoms with Gasteiger partial charge in [0.2, 0.25) is 0 Å². The average molecular weight is 258 g/mol. The Bertz CT molecular complexity index is 395. The molecular weight excluding hydrogens is 242 g/mol. The number of Topliss-reactive ketones (excluding diaryl/α,β-unsaturated/α-hetero) is 1. The van der Waals surface area contributed by atoms with Crippen molar-refractivity contribution in [2.24, 2.45) is 5.73 Å². The summed E-state index contributed by atoms with van der Waals surface area (Å²) < 4.78 is 9.93. The van der Waals surface area contributed by atoms with E-state index in [0.717, 1.165) is 0 Å². The summed E-state index contributed by atoms with van der Waals surface area (Å²) in [5, 5.41) is 0.467. The van der Waals surface area contributed by atoms with Crippen molar-refractivity contribution in [2.45, 2.75) is 12.5 Å². The molecule has 17 heavy (non-hydrogen) atoms. The van der Waals surface area contributed by atoms with Crippen molar-refractivity contribution in [2.75, 3.05) is 20.8 Å². The van der Waals surface area contributed by atoms with Gasteiger partial charge in [0.05, 0.1) is 18.2 Å². The van der Waals surface area contributed by atoms with Gasteiger partial charge < -0.3 is 15.2 Å². The van der Waals surface area contributed by atoms with E-state index in [1.54, 1.807) is 25.3 Å². The zero-order valence-electron chi connectivity index (χ0n) is 9.90. The highest BCUT2D eigenvalue weighted by molar-refractivity contribution is 6.32. The smallest absolute Gasteiger partial charge is 0.179 e. The molecule has 4 nitrogen and oxygen atoms in total. The fraction of sp³-hybridized carbons (Fsp3) is 0.417. The molecule has 1 rings (SSSR count). The summed E-state index contributed by atoms with van der Waals surface area (Å²) in [6.45, 7) is 0.456. The Hall–Kier alpha value is -1.10. The Morgan fingerprint density at radius 1 is 1.47 bits per heavy atom. The van der Waals surface area contributed by atoms with Gasteiger partial charge in [-0.3, -0.25) is 4.79 Å². The van der Waals surface area contributed by atoms with Crippen LogP contribution in [0, 0.1) is 0 Å². The Morgan fingerprint density at radius 2 is 2.18 bits per heavy atom. The van der Waals surface area contributed by atoms with E-state index in [-0.39, 0.29) is 5.78 Å². The number of carbonyl (C=O) groups is 1. The molecule has 2 N–H and O–H groups in total. The van der Waals surface area contributed by atoms with E-state index in [0.29, 0.717) is 29.4 Å². The SMILES string of the molecule is COCCC(N)C(=O)c1ccc(Cl)c(OC)c1. The number of ether oxygens (including phenoxy) is 2. The number of hydrogen-bond donors (Lipinski definition) is 1. The van der Waals surface area contributed by atoms with Crippen molar-refractivity contribution in [3.63, 3.8) is 0 Å². The van der Waals surface area contributed by atoms with Gasteiger partial charge in [-0.15, -0.1) is 0 Å². The number of nitrogens with two attached hydrogens (primary N) is 1. The first kappa shape index (κ1) is 14.0. The highest BCUT2D eigenvalue weighted by atomic mass is 35.5. The second kappa shape index (κ2) is 6.59. The number of rotatable bonds is 6.